The summed E-state index contributed by atoms with van der Waals surface area (Å²) in [6, 6.07) is 85.4. The average Bonchev–Trinajstić information content (AvgIpc) is 3.76. The van der Waals surface area contributed by atoms with Gasteiger partial charge in [0.15, 0.2) is 0 Å². The summed E-state index contributed by atoms with van der Waals surface area (Å²) in [6.07, 6.45) is 0. The van der Waals surface area contributed by atoms with Crippen LogP contribution in [0.3, 0.4) is 0 Å². The minimum atomic E-state index is -0.250. The maximum absolute atomic E-state index is 2.43. The Labute approximate surface area is 376 Å². The van der Waals surface area contributed by atoms with Crippen LogP contribution in [0.2, 0.25) is 0 Å². The zero-order valence-corrected chi connectivity index (χ0v) is 36.4. The molecule has 0 bridgehead atoms. The molecular formula is C63H47N. The molecule has 1 unspecified atom stereocenters. The van der Waals surface area contributed by atoms with E-state index in [2.05, 4.69) is 256 Å². The molecule has 12 rings (SSSR count). The Kier molecular flexibility index (Phi) is 8.71. The summed E-state index contributed by atoms with van der Waals surface area (Å²) >= 11 is 0. The zero-order chi connectivity index (χ0) is 43.0. The predicted octanol–water partition coefficient (Wildman–Crippen LogP) is 17.0. The molecule has 64 heavy (non-hydrogen) atoms. The molecule has 0 heterocycles. The van der Waals surface area contributed by atoms with Crippen LogP contribution in [0.25, 0.3) is 66.4 Å². The smallest absolute Gasteiger partial charge is 0.0467 e. The van der Waals surface area contributed by atoms with Gasteiger partial charge in [-0.3, -0.25) is 0 Å². The molecule has 0 saturated carbocycles. The lowest BCUT2D eigenvalue weighted by Crippen LogP contribution is -2.22. The molecule has 1 nitrogen and oxygen atoms in total. The first-order valence-corrected chi connectivity index (χ1v) is 22.5. The third-order valence-corrected chi connectivity index (χ3v) is 14.3. The maximum Gasteiger partial charge on any atom is 0.0467 e. The van der Waals surface area contributed by atoms with Gasteiger partial charge in [-0.25, -0.2) is 0 Å². The molecular weight excluding hydrogens is 771 g/mol. The molecule has 0 aliphatic heterocycles. The molecule has 0 radical (unpaired) electrons. The first-order chi connectivity index (χ1) is 31.4. The molecule has 10 aromatic carbocycles. The molecule has 0 amide bonds. The fraction of sp³-hybridized carbons (Fsp3) is 0.0794. The van der Waals surface area contributed by atoms with Gasteiger partial charge in [0.25, 0.3) is 0 Å². The van der Waals surface area contributed by atoms with E-state index in [0.29, 0.717) is 0 Å². The first kappa shape index (κ1) is 38.0. The van der Waals surface area contributed by atoms with Crippen LogP contribution in [0, 0.1) is 0 Å². The summed E-state index contributed by atoms with van der Waals surface area (Å²) in [6.45, 7) is 7.14. The lowest BCUT2D eigenvalue weighted by Gasteiger charge is -2.29. The molecule has 1 heteroatoms. The van der Waals surface area contributed by atoms with Gasteiger partial charge in [0.2, 0.25) is 0 Å². The second-order valence-electron chi connectivity index (χ2n) is 18.2. The van der Waals surface area contributed by atoms with E-state index in [1.807, 2.05) is 0 Å². The van der Waals surface area contributed by atoms with Crippen molar-refractivity contribution < 1.29 is 0 Å². The maximum atomic E-state index is 2.43. The number of hydrogen-bond donors (Lipinski definition) is 0. The van der Waals surface area contributed by atoms with Crippen LogP contribution in [0.15, 0.2) is 231 Å². The van der Waals surface area contributed by atoms with E-state index in [1.165, 1.54) is 94.2 Å². The fourth-order valence-electron chi connectivity index (χ4n) is 11.2. The van der Waals surface area contributed by atoms with Gasteiger partial charge >= 0.3 is 0 Å². The van der Waals surface area contributed by atoms with E-state index in [0.717, 1.165) is 17.1 Å². The Hall–Kier alpha value is -7.74. The van der Waals surface area contributed by atoms with Crippen LogP contribution in [0.1, 0.15) is 48.6 Å². The highest BCUT2D eigenvalue weighted by molar-refractivity contribution is 5.97. The van der Waals surface area contributed by atoms with Gasteiger partial charge in [0.1, 0.15) is 0 Å². The van der Waals surface area contributed by atoms with Gasteiger partial charge in [-0.05, 0) is 144 Å². The summed E-state index contributed by atoms with van der Waals surface area (Å²) in [5.41, 5.74) is 22.4. The molecule has 0 N–H and O–H groups in total. The number of fused-ring (bicyclic) bond motifs is 7. The topological polar surface area (TPSA) is 3.24 Å². The number of nitrogens with zero attached hydrogens (tertiary/aromatic N) is 1. The van der Waals surface area contributed by atoms with Crippen molar-refractivity contribution in [3.8, 4) is 55.6 Å². The molecule has 2 aliphatic carbocycles. The Morgan fingerprint density at radius 3 is 1.64 bits per heavy atom. The molecule has 10 aromatic rings. The summed E-state index contributed by atoms with van der Waals surface area (Å²) in [4.78, 5) is 2.41. The number of rotatable bonds is 7. The van der Waals surface area contributed by atoms with E-state index in [4.69, 9.17) is 0 Å². The predicted molar refractivity (Wildman–Crippen MR) is 270 cm³/mol. The number of hydrogen-bond acceptors (Lipinski definition) is 1. The molecule has 0 fully saturated rings. The van der Waals surface area contributed by atoms with Crippen LogP contribution < -0.4 is 4.90 Å². The van der Waals surface area contributed by atoms with Crippen LogP contribution in [-0.2, 0) is 10.8 Å². The molecule has 0 spiro atoms. The van der Waals surface area contributed by atoms with Gasteiger partial charge in [0.05, 0.1) is 0 Å². The highest BCUT2D eigenvalue weighted by Gasteiger charge is 2.41. The van der Waals surface area contributed by atoms with Crippen molar-refractivity contribution in [2.45, 2.75) is 31.6 Å². The van der Waals surface area contributed by atoms with Crippen LogP contribution in [0.4, 0.5) is 17.1 Å². The Bertz CT molecular complexity index is 3410. The van der Waals surface area contributed by atoms with E-state index < -0.39 is 0 Å². The van der Waals surface area contributed by atoms with E-state index in [-0.39, 0.29) is 10.8 Å². The van der Waals surface area contributed by atoms with Crippen molar-refractivity contribution >= 4 is 27.8 Å². The Morgan fingerprint density at radius 2 is 0.859 bits per heavy atom. The molecule has 2 aliphatic rings. The van der Waals surface area contributed by atoms with Gasteiger partial charge in [-0.15, -0.1) is 0 Å². The van der Waals surface area contributed by atoms with Crippen molar-refractivity contribution in [2.24, 2.45) is 0 Å². The Morgan fingerprint density at radius 1 is 0.312 bits per heavy atom. The van der Waals surface area contributed by atoms with E-state index >= 15 is 0 Å². The van der Waals surface area contributed by atoms with Gasteiger partial charge in [-0.2, -0.15) is 0 Å². The minimum absolute atomic E-state index is 0.121. The summed E-state index contributed by atoms with van der Waals surface area (Å²) in [5, 5.41) is 2.51. The van der Waals surface area contributed by atoms with E-state index in [9.17, 15) is 0 Å². The second kappa shape index (κ2) is 14.7. The second-order valence-corrected chi connectivity index (χ2v) is 18.2. The average molecular weight is 818 g/mol. The monoisotopic (exact) mass is 817 g/mol. The fourth-order valence-corrected chi connectivity index (χ4v) is 11.2. The normalized spacial score (nSPS) is 15.3. The largest absolute Gasteiger partial charge is 0.310 e. The minimum Gasteiger partial charge on any atom is -0.310 e. The number of benzene rings is 10. The van der Waals surface area contributed by atoms with Crippen molar-refractivity contribution in [1.82, 2.24) is 0 Å². The summed E-state index contributed by atoms with van der Waals surface area (Å²) < 4.78 is 0. The van der Waals surface area contributed by atoms with Crippen molar-refractivity contribution in [1.29, 1.82) is 0 Å². The van der Waals surface area contributed by atoms with Crippen LogP contribution in [-0.4, -0.2) is 0 Å². The lowest BCUT2D eigenvalue weighted by atomic mass is 9.74. The Balaban J connectivity index is 0.964. The van der Waals surface area contributed by atoms with Crippen molar-refractivity contribution in [2.75, 3.05) is 4.90 Å². The molecule has 0 aromatic heterocycles. The van der Waals surface area contributed by atoms with Crippen molar-refractivity contribution in [3.05, 3.63) is 258 Å². The lowest BCUT2D eigenvalue weighted by molar-refractivity contribution is 0.662. The molecule has 0 saturated heterocycles. The van der Waals surface area contributed by atoms with Gasteiger partial charge < -0.3 is 4.90 Å². The molecule has 304 valence electrons. The third kappa shape index (κ3) is 5.85. The van der Waals surface area contributed by atoms with Crippen molar-refractivity contribution in [3.63, 3.8) is 0 Å². The highest BCUT2D eigenvalue weighted by atomic mass is 15.1. The summed E-state index contributed by atoms with van der Waals surface area (Å²) in [7, 11) is 0. The first-order valence-electron chi connectivity index (χ1n) is 22.5. The summed E-state index contributed by atoms with van der Waals surface area (Å²) in [5.74, 6) is 0. The SMILES string of the molecule is CC1(C)c2ccccc2-c2cccc(-c3cccc(N(c4ccc(-c5ccc6c(c5)C(C)(c5ccccc5)c5ccccc5-6)cc4)c4ccc(-c5cccc6ccccc56)cc4)c3)c21. The standard InChI is InChI=1S/C63H47N/c1-62(2)58-28-11-9-24-55(58)57-27-15-26-53(61(57)62)46-18-13-21-50(40-46)64(49-37-32-44(33-38-49)52-25-14-17-43-16-7-8-22-51(43)52)48-35-30-42(31-36-48)45-34-39-56-54-23-10-12-29-59(54)63(3,60(56)41-45)47-19-5-4-6-20-47/h4-41H,1-3H3. The van der Waals surface area contributed by atoms with E-state index in [1.54, 1.807) is 0 Å². The quantitative estimate of drug-likeness (QED) is 0.155. The molecule has 1 atom stereocenters. The van der Waals surface area contributed by atoms with Gasteiger partial charge in [-0.1, -0.05) is 202 Å². The van der Waals surface area contributed by atoms with Gasteiger partial charge in [0, 0.05) is 27.9 Å². The zero-order valence-electron chi connectivity index (χ0n) is 36.4. The third-order valence-electron chi connectivity index (χ3n) is 14.3. The highest BCUT2D eigenvalue weighted by Crippen LogP contribution is 2.54. The van der Waals surface area contributed by atoms with Crippen LogP contribution in [0.5, 0.6) is 0 Å². The van der Waals surface area contributed by atoms with Crippen LogP contribution >= 0.6 is 0 Å². The number of anilines is 3.